The normalized spacial score (nSPS) is 10.5. The van der Waals surface area contributed by atoms with Gasteiger partial charge in [-0.25, -0.2) is 4.98 Å². The summed E-state index contributed by atoms with van der Waals surface area (Å²) in [4.78, 5) is 16.4. The standard InChI is InChI=1S/C17H16N2O3S/c1-21-14-5-2-4-12(10-14)17-19-13(11-23-17)7-8-18-16(20)15-6-3-9-22-15/h2-6,9-11H,7-8H2,1H3,(H,18,20). The van der Waals surface area contributed by atoms with Crippen molar-refractivity contribution in [1.29, 1.82) is 0 Å². The third kappa shape index (κ3) is 3.78. The Balaban J connectivity index is 1.58. The Bertz CT molecular complexity index is 781. The molecule has 5 nitrogen and oxygen atoms in total. The van der Waals surface area contributed by atoms with E-state index in [0.717, 1.165) is 22.0 Å². The summed E-state index contributed by atoms with van der Waals surface area (Å²) in [5.74, 6) is 0.920. The summed E-state index contributed by atoms with van der Waals surface area (Å²) in [7, 11) is 1.65. The van der Waals surface area contributed by atoms with Gasteiger partial charge in [-0.05, 0) is 24.3 Å². The average Bonchev–Trinajstić information content (AvgIpc) is 3.26. The maximum Gasteiger partial charge on any atom is 0.286 e. The first-order chi connectivity index (χ1) is 11.3. The van der Waals surface area contributed by atoms with Crippen molar-refractivity contribution < 1.29 is 13.9 Å². The van der Waals surface area contributed by atoms with Crippen LogP contribution in [0.2, 0.25) is 0 Å². The fraction of sp³-hybridized carbons (Fsp3) is 0.176. The molecule has 3 rings (SSSR count). The highest BCUT2D eigenvalue weighted by Crippen LogP contribution is 2.26. The lowest BCUT2D eigenvalue weighted by Crippen LogP contribution is -2.25. The van der Waals surface area contributed by atoms with E-state index in [0.29, 0.717) is 18.7 Å². The van der Waals surface area contributed by atoms with Crippen LogP contribution in [0.5, 0.6) is 5.75 Å². The summed E-state index contributed by atoms with van der Waals surface area (Å²) in [6.45, 7) is 0.515. The van der Waals surface area contributed by atoms with Crippen LogP contribution in [0.25, 0.3) is 10.6 Å². The molecule has 0 unspecified atom stereocenters. The number of nitrogens with one attached hydrogen (secondary N) is 1. The fourth-order valence-electron chi connectivity index (χ4n) is 2.11. The first kappa shape index (κ1) is 15.3. The molecule has 0 saturated carbocycles. The molecular formula is C17H16N2O3S. The van der Waals surface area contributed by atoms with Gasteiger partial charge in [0.1, 0.15) is 10.8 Å². The third-order valence-corrected chi connectivity index (χ3v) is 4.22. The van der Waals surface area contributed by atoms with Crippen LogP contribution in [-0.2, 0) is 6.42 Å². The monoisotopic (exact) mass is 328 g/mol. The number of furan rings is 1. The van der Waals surface area contributed by atoms with Gasteiger partial charge in [0.25, 0.3) is 5.91 Å². The summed E-state index contributed by atoms with van der Waals surface area (Å²) in [5, 5.41) is 5.76. The van der Waals surface area contributed by atoms with E-state index in [1.54, 1.807) is 30.6 Å². The first-order valence-corrected chi connectivity index (χ1v) is 8.05. The van der Waals surface area contributed by atoms with Crippen molar-refractivity contribution in [2.24, 2.45) is 0 Å². The second-order valence-electron chi connectivity index (χ2n) is 4.86. The van der Waals surface area contributed by atoms with Crippen LogP contribution in [0.4, 0.5) is 0 Å². The number of methoxy groups -OCH3 is 1. The van der Waals surface area contributed by atoms with Gasteiger partial charge >= 0.3 is 0 Å². The van der Waals surface area contributed by atoms with Crippen LogP contribution in [0.1, 0.15) is 16.2 Å². The number of nitrogens with zero attached hydrogens (tertiary/aromatic N) is 1. The first-order valence-electron chi connectivity index (χ1n) is 7.17. The highest BCUT2D eigenvalue weighted by atomic mass is 32.1. The number of thiazole rings is 1. The minimum absolute atomic E-state index is 0.210. The minimum Gasteiger partial charge on any atom is -0.497 e. The summed E-state index contributed by atoms with van der Waals surface area (Å²) in [6.07, 6.45) is 2.16. The summed E-state index contributed by atoms with van der Waals surface area (Å²) >= 11 is 1.58. The molecule has 1 aromatic carbocycles. The second kappa shape index (κ2) is 7.11. The number of hydrogen-bond donors (Lipinski definition) is 1. The quantitative estimate of drug-likeness (QED) is 0.753. The number of aromatic nitrogens is 1. The maximum absolute atomic E-state index is 11.8. The lowest BCUT2D eigenvalue weighted by molar-refractivity contribution is 0.0926. The molecule has 2 aromatic heterocycles. The molecule has 0 spiro atoms. The van der Waals surface area contributed by atoms with Gasteiger partial charge < -0.3 is 14.5 Å². The van der Waals surface area contributed by atoms with Gasteiger partial charge in [-0.2, -0.15) is 0 Å². The number of carbonyl (C=O) groups excluding carboxylic acids is 1. The average molecular weight is 328 g/mol. The molecule has 23 heavy (non-hydrogen) atoms. The highest BCUT2D eigenvalue weighted by Gasteiger charge is 2.09. The van der Waals surface area contributed by atoms with Crippen LogP contribution in [-0.4, -0.2) is 24.5 Å². The van der Waals surface area contributed by atoms with Crippen molar-refractivity contribution in [3.63, 3.8) is 0 Å². The van der Waals surface area contributed by atoms with Crippen LogP contribution in [0.15, 0.2) is 52.5 Å². The lowest BCUT2D eigenvalue weighted by atomic mass is 10.2. The Kier molecular flexibility index (Phi) is 4.73. The number of ether oxygens (including phenoxy) is 1. The van der Waals surface area contributed by atoms with E-state index in [-0.39, 0.29) is 5.91 Å². The van der Waals surface area contributed by atoms with Crippen molar-refractivity contribution in [3.05, 3.63) is 59.5 Å². The van der Waals surface area contributed by atoms with E-state index in [2.05, 4.69) is 10.3 Å². The van der Waals surface area contributed by atoms with Crippen molar-refractivity contribution in [2.75, 3.05) is 13.7 Å². The molecule has 0 bridgehead atoms. The van der Waals surface area contributed by atoms with Gasteiger partial charge in [-0.15, -0.1) is 11.3 Å². The highest BCUT2D eigenvalue weighted by molar-refractivity contribution is 7.13. The Hall–Kier alpha value is -2.60. The molecule has 0 aliphatic carbocycles. The second-order valence-corrected chi connectivity index (χ2v) is 5.72. The minimum atomic E-state index is -0.210. The fourth-order valence-corrected chi connectivity index (χ4v) is 2.96. The van der Waals surface area contributed by atoms with E-state index in [1.165, 1.54) is 6.26 Å². The van der Waals surface area contributed by atoms with E-state index < -0.39 is 0 Å². The molecule has 0 fully saturated rings. The smallest absolute Gasteiger partial charge is 0.286 e. The van der Waals surface area contributed by atoms with Gasteiger partial charge in [-0.3, -0.25) is 4.79 Å². The molecule has 0 radical (unpaired) electrons. The van der Waals surface area contributed by atoms with Gasteiger partial charge in [-0.1, -0.05) is 12.1 Å². The topological polar surface area (TPSA) is 64.4 Å². The van der Waals surface area contributed by atoms with Crippen molar-refractivity contribution in [3.8, 4) is 16.3 Å². The predicted molar refractivity (Wildman–Crippen MR) is 88.8 cm³/mol. The van der Waals surface area contributed by atoms with Crippen molar-refractivity contribution in [1.82, 2.24) is 10.3 Å². The molecule has 0 atom stereocenters. The zero-order chi connectivity index (χ0) is 16.1. The molecular weight excluding hydrogens is 312 g/mol. The van der Waals surface area contributed by atoms with Gasteiger partial charge in [0.15, 0.2) is 5.76 Å². The largest absolute Gasteiger partial charge is 0.497 e. The molecule has 1 N–H and O–H groups in total. The Morgan fingerprint density at radius 2 is 2.26 bits per heavy atom. The summed E-state index contributed by atoms with van der Waals surface area (Å²) < 4.78 is 10.3. The van der Waals surface area contributed by atoms with E-state index in [4.69, 9.17) is 9.15 Å². The van der Waals surface area contributed by atoms with Gasteiger partial charge in [0.2, 0.25) is 0 Å². The Morgan fingerprint density at radius 1 is 1.35 bits per heavy atom. The summed E-state index contributed by atoms with van der Waals surface area (Å²) in [6, 6.07) is 11.1. The zero-order valence-corrected chi connectivity index (χ0v) is 13.4. The molecule has 0 aliphatic rings. The van der Waals surface area contributed by atoms with E-state index in [9.17, 15) is 4.79 Å². The zero-order valence-electron chi connectivity index (χ0n) is 12.6. The molecule has 118 valence electrons. The predicted octanol–water partition coefficient (Wildman–Crippen LogP) is 3.38. The number of rotatable bonds is 6. The molecule has 2 heterocycles. The Morgan fingerprint density at radius 3 is 3.04 bits per heavy atom. The molecule has 0 saturated heterocycles. The molecule has 1 amide bonds. The summed E-state index contributed by atoms with van der Waals surface area (Å²) in [5.41, 5.74) is 1.98. The number of amides is 1. The third-order valence-electron chi connectivity index (χ3n) is 3.28. The van der Waals surface area contributed by atoms with Crippen LogP contribution < -0.4 is 10.1 Å². The molecule has 3 aromatic rings. The van der Waals surface area contributed by atoms with Crippen molar-refractivity contribution >= 4 is 17.2 Å². The van der Waals surface area contributed by atoms with Gasteiger partial charge in [0.05, 0.1) is 19.1 Å². The number of benzene rings is 1. The molecule has 6 heteroatoms. The van der Waals surface area contributed by atoms with Crippen molar-refractivity contribution in [2.45, 2.75) is 6.42 Å². The number of hydrogen-bond acceptors (Lipinski definition) is 5. The Labute approximate surface area is 137 Å². The maximum atomic E-state index is 11.8. The van der Waals surface area contributed by atoms with E-state index >= 15 is 0 Å². The molecule has 0 aliphatic heterocycles. The van der Waals surface area contributed by atoms with E-state index in [1.807, 2.05) is 29.6 Å². The SMILES string of the molecule is COc1cccc(-c2nc(CCNC(=O)c3ccco3)cs2)c1. The van der Waals surface area contributed by atoms with Crippen LogP contribution in [0, 0.1) is 0 Å². The number of carbonyl (C=O) groups is 1. The lowest BCUT2D eigenvalue weighted by Gasteiger charge is -2.02. The van der Waals surface area contributed by atoms with Crippen LogP contribution >= 0.6 is 11.3 Å². The van der Waals surface area contributed by atoms with Crippen LogP contribution in [0.3, 0.4) is 0 Å². The van der Waals surface area contributed by atoms with Gasteiger partial charge in [0, 0.05) is 23.9 Å².